The molecule has 1 unspecified atom stereocenters. The second-order valence-electron chi connectivity index (χ2n) is 3.70. The van der Waals surface area contributed by atoms with Crippen molar-refractivity contribution in [3.63, 3.8) is 0 Å². The number of hydrogen-bond acceptors (Lipinski definition) is 0. The lowest BCUT2D eigenvalue weighted by atomic mass is 10.0. The van der Waals surface area contributed by atoms with Gasteiger partial charge in [0.15, 0.2) is 11.6 Å². The Morgan fingerprint density at radius 1 is 0.944 bits per heavy atom. The summed E-state index contributed by atoms with van der Waals surface area (Å²) >= 11 is 9.24. The highest BCUT2D eigenvalue weighted by molar-refractivity contribution is 9.09. The van der Waals surface area contributed by atoms with Gasteiger partial charge in [-0.25, -0.2) is 13.2 Å². The van der Waals surface area contributed by atoms with Crippen LogP contribution < -0.4 is 0 Å². The highest BCUT2D eigenvalue weighted by Gasteiger charge is 2.16. The second kappa shape index (κ2) is 5.33. The van der Waals surface area contributed by atoms with Crippen LogP contribution in [0.4, 0.5) is 13.2 Å². The van der Waals surface area contributed by atoms with Crippen LogP contribution in [0.2, 0.25) is 5.02 Å². The van der Waals surface area contributed by atoms with Crippen molar-refractivity contribution in [1.29, 1.82) is 0 Å². The Labute approximate surface area is 116 Å². The average Bonchev–Trinajstić information content (AvgIpc) is 2.32. The molecule has 0 amide bonds. The van der Waals surface area contributed by atoms with Crippen LogP contribution in [-0.2, 0) is 0 Å². The van der Waals surface area contributed by atoms with Crippen LogP contribution in [0.3, 0.4) is 0 Å². The van der Waals surface area contributed by atoms with Crippen LogP contribution in [0, 0.1) is 17.5 Å². The van der Waals surface area contributed by atoms with E-state index in [1.54, 1.807) is 0 Å². The molecule has 0 fully saturated rings. The van der Waals surface area contributed by atoms with Crippen molar-refractivity contribution in [2.75, 3.05) is 0 Å². The maximum absolute atomic E-state index is 13.1. The maximum Gasteiger partial charge on any atom is 0.159 e. The quantitative estimate of drug-likeness (QED) is 0.658. The highest BCUT2D eigenvalue weighted by Crippen LogP contribution is 2.35. The molecule has 0 spiro atoms. The first-order chi connectivity index (χ1) is 8.49. The van der Waals surface area contributed by atoms with Crippen molar-refractivity contribution in [2.45, 2.75) is 4.83 Å². The van der Waals surface area contributed by atoms with Crippen molar-refractivity contribution in [2.24, 2.45) is 0 Å². The molecule has 2 aromatic rings. The fourth-order valence-corrected chi connectivity index (χ4v) is 2.65. The lowest BCUT2D eigenvalue weighted by Crippen LogP contribution is -1.96. The third-order valence-electron chi connectivity index (χ3n) is 2.47. The van der Waals surface area contributed by atoms with Gasteiger partial charge < -0.3 is 0 Å². The summed E-state index contributed by atoms with van der Waals surface area (Å²) in [5.74, 6) is -2.30. The Bertz CT molecular complexity index is 586. The van der Waals surface area contributed by atoms with E-state index in [1.165, 1.54) is 24.3 Å². The number of alkyl halides is 1. The molecule has 2 rings (SSSR count). The van der Waals surface area contributed by atoms with Gasteiger partial charge >= 0.3 is 0 Å². The molecule has 0 radical (unpaired) electrons. The standard InChI is InChI=1S/C13H7BrClF3/c14-13(7-1-4-11(17)12(18)5-7)9-3-2-8(16)6-10(9)15/h1-6,13H. The lowest BCUT2D eigenvalue weighted by molar-refractivity contribution is 0.507. The number of hydrogen-bond donors (Lipinski definition) is 0. The monoisotopic (exact) mass is 334 g/mol. The summed E-state index contributed by atoms with van der Waals surface area (Å²) in [4.78, 5) is -0.430. The van der Waals surface area contributed by atoms with Crippen LogP contribution in [-0.4, -0.2) is 0 Å². The fraction of sp³-hybridized carbons (Fsp3) is 0.0769. The number of halogens is 5. The Morgan fingerprint density at radius 2 is 1.67 bits per heavy atom. The molecule has 0 saturated carbocycles. The molecular weight excluding hydrogens is 328 g/mol. The summed E-state index contributed by atoms with van der Waals surface area (Å²) in [7, 11) is 0. The summed E-state index contributed by atoms with van der Waals surface area (Å²) in [5, 5.41) is 0.224. The predicted octanol–water partition coefficient (Wildman–Crippen LogP) is 5.24. The Hall–Kier alpha value is -1.00. The zero-order chi connectivity index (χ0) is 13.3. The van der Waals surface area contributed by atoms with E-state index < -0.39 is 22.3 Å². The minimum Gasteiger partial charge on any atom is -0.207 e. The minimum atomic E-state index is -0.935. The summed E-state index contributed by atoms with van der Waals surface area (Å²) in [5.41, 5.74) is 1.09. The summed E-state index contributed by atoms with van der Waals surface area (Å²) in [6.45, 7) is 0. The van der Waals surface area contributed by atoms with Crippen molar-refractivity contribution in [3.8, 4) is 0 Å². The third kappa shape index (κ3) is 2.70. The SMILES string of the molecule is Fc1ccc(C(Br)c2ccc(F)c(F)c2)c(Cl)c1. The predicted molar refractivity (Wildman–Crippen MR) is 68.5 cm³/mol. The molecule has 5 heteroatoms. The minimum absolute atomic E-state index is 0.224. The molecule has 94 valence electrons. The molecule has 2 aromatic carbocycles. The summed E-state index contributed by atoms with van der Waals surface area (Å²) < 4.78 is 38.9. The maximum atomic E-state index is 13.1. The lowest BCUT2D eigenvalue weighted by Gasteiger charge is -2.12. The average molecular weight is 336 g/mol. The molecule has 0 nitrogen and oxygen atoms in total. The van der Waals surface area contributed by atoms with Gasteiger partial charge in [0, 0.05) is 5.02 Å². The van der Waals surface area contributed by atoms with E-state index in [0.29, 0.717) is 11.1 Å². The molecule has 0 aromatic heterocycles. The van der Waals surface area contributed by atoms with Crippen LogP contribution in [0.25, 0.3) is 0 Å². The summed E-state index contributed by atoms with van der Waals surface area (Å²) in [6.07, 6.45) is 0. The molecule has 1 atom stereocenters. The number of benzene rings is 2. The van der Waals surface area contributed by atoms with E-state index in [2.05, 4.69) is 15.9 Å². The Kier molecular flexibility index (Phi) is 3.97. The van der Waals surface area contributed by atoms with Crippen LogP contribution in [0.1, 0.15) is 16.0 Å². The van der Waals surface area contributed by atoms with E-state index in [9.17, 15) is 13.2 Å². The molecule has 0 aliphatic rings. The van der Waals surface area contributed by atoms with E-state index in [1.807, 2.05) is 0 Å². The van der Waals surface area contributed by atoms with Crippen LogP contribution >= 0.6 is 27.5 Å². The molecule has 0 bridgehead atoms. The Balaban J connectivity index is 2.41. The first-order valence-corrected chi connectivity index (χ1v) is 6.32. The van der Waals surface area contributed by atoms with Gasteiger partial charge in [0.2, 0.25) is 0 Å². The van der Waals surface area contributed by atoms with E-state index in [-0.39, 0.29) is 5.02 Å². The zero-order valence-electron chi connectivity index (χ0n) is 8.93. The molecule has 0 aliphatic heterocycles. The van der Waals surface area contributed by atoms with Gasteiger partial charge in [-0.1, -0.05) is 39.7 Å². The van der Waals surface area contributed by atoms with Gasteiger partial charge in [0.25, 0.3) is 0 Å². The first kappa shape index (κ1) is 13.4. The van der Waals surface area contributed by atoms with Gasteiger partial charge in [0.1, 0.15) is 5.82 Å². The smallest absolute Gasteiger partial charge is 0.159 e. The fourth-order valence-electron chi connectivity index (χ4n) is 1.56. The van der Waals surface area contributed by atoms with Gasteiger partial charge in [-0.2, -0.15) is 0 Å². The van der Waals surface area contributed by atoms with Gasteiger partial charge in [-0.15, -0.1) is 0 Å². The van der Waals surface area contributed by atoms with E-state index in [0.717, 1.165) is 12.1 Å². The Morgan fingerprint density at radius 3 is 2.28 bits per heavy atom. The zero-order valence-corrected chi connectivity index (χ0v) is 11.3. The molecule has 0 heterocycles. The molecule has 0 N–H and O–H groups in total. The van der Waals surface area contributed by atoms with Crippen molar-refractivity contribution >= 4 is 27.5 Å². The van der Waals surface area contributed by atoms with Gasteiger partial charge in [-0.3, -0.25) is 0 Å². The van der Waals surface area contributed by atoms with E-state index >= 15 is 0 Å². The summed E-state index contributed by atoms with van der Waals surface area (Å²) in [6, 6.07) is 7.49. The van der Waals surface area contributed by atoms with E-state index in [4.69, 9.17) is 11.6 Å². The molecule has 18 heavy (non-hydrogen) atoms. The van der Waals surface area contributed by atoms with Gasteiger partial charge in [-0.05, 0) is 35.4 Å². The topological polar surface area (TPSA) is 0 Å². The molecule has 0 aliphatic carbocycles. The van der Waals surface area contributed by atoms with Crippen molar-refractivity contribution < 1.29 is 13.2 Å². The van der Waals surface area contributed by atoms with Crippen molar-refractivity contribution in [1.82, 2.24) is 0 Å². The van der Waals surface area contributed by atoms with Crippen LogP contribution in [0.15, 0.2) is 36.4 Å². The van der Waals surface area contributed by atoms with Crippen molar-refractivity contribution in [3.05, 3.63) is 70.0 Å². The molecular formula is C13H7BrClF3. The number of rotatable bonds is 2. The third-order valence-corrected chi connectivity index (χ3v) is 3.82. The van der Waals surface area contributed by atoms with Crippen LogP contribution in [0.5, 0.6) is 0 Å². The normalized spacial score (nSPS) is 12.5. The largest absolute Gasteiger partial charge is 0.207 e. The first-order valence-electron chi connectivity index (χ1n) is 5.03. The molecule has 0 saturated heterocycles. The van der Waals surface area contributed by atoms with Gasteiger partial charge in [0.05, 0.1) is 4.83 Å². The second-order valence-corrected chi connectivity index (χ2v) is 5.02. The highest BCUT2D eigenvalue weighted by atomic mass is 79.9.